The van der Waals surface area contributed by atoms with Crippen molar-refractivity contribution in [2.45, 2.75) is 91.0 Å². The molecule has 0 unspecified atom stereocenters. The van der Waals surface area contributed by atoms with Crippen LogP contribution < -0.4 is 9.47 Å². The van der Waals surface area contributed by atoms with Gasteiger partial charge in [0, 0.05) is 13.1 Å². The number of unbranched alkanes of at least 4 members (excludes halogenated alkanes) is 9. The van der Waals surface area contributed by atoms with Crippen LogP contribution in [-0.2, 0) is 13.0 Å². The fourth-order valence-corrected chi connectivity index (χ4v) is 4.52. The van der Waals surface area contributed by atoms with Gasteiger partial charge in [-0.05, 0) is 37.6 Å². The first-order valence-electron chi connectivity index (χ1n) is 13.1. The molecule has 1 fully saturated rings. The molecule has 1 aliphatic rings. The lowest BCUT2D eigenvalue weighted by molar-refractivity contribution is -0.898. The smallest absolute Gasteiger partial charge is 0.169 e. The Labute approximate surface area is 197 Å². The number of quaternary nitrogens is 1. The van der Waals surface area contributed by atoms with E-state index in [0.29, 0.717) is 26.2 Å². The summed E-state index contributed by atoms with van der Waals surface area (Å²) >= 11 is 0. The van der Waals surface area contributed by atoms with Gasteiger partial charge < -0.3 is 19.3 Å². The number of benzene rings is 1. The van der Waals surface area contributed by atoms with Crippen molar-refractivity contribution < 1.29 is 14.1 Å². The van der Waals surface area contributed by atoms with Gasteiger partial charge in [0.15, 0.2) is 11.5 Å². The number of piperazine rings is 1. The molecular formula is C27H48N2O3. The van der Waals surface area contributed by atoms with E-state index in [4.69, 9.17) is 9.47 Å². The standard InChI is InChI=1S/C27H48N2O3/c1-5-7-8-9-10-11-12-13-14-15-20-32-27-25(21-24(6-2)22-26(27)31-4)23-29(30)18-16-28(3)17-19-29/h21-22H,5-20,23H2,1-4H3. The summed E-state index contributed by atoms with van der Waals surface area (Å²) in [4.78, 5) is 2.24. The highest BCUT2D eigenvalue weighted by molar-refractivity contribution is 5.49. The van der Waals surface area contributed by atoms with Gasteiger partial charge in [-0.15, -0.1) is 0 Å². The number of hydroxylamine groups is 3. The molecule has 5 heteroatoms. The van der Waals surface area contributed by atoms with Crippen LogP contribution in [0.25, 0.3) is 0 Å². The van der Waals surface area contributed by atoms with Gasteiger partial charge in [-0.25, -0.2) is 0 Å². The minimum atomic E-state index is -0.171. The Morgan fingerprint density at radius 3 is 2.06 bits per heavy atom. The van der Waals surface area contributed by atoms with E-state index in [1.54, 1.807) is 7.11 Å². The lowest BCUT2D eigenvalue weighted by Gasteiger charge is -2.47. The molecule has 1 aliphatic heterocycles. The maximum Gasteiger partial charge on any atom is 0.169 e. The van der Waals surface area contributed by atoms with Gasteiger partial charge in [-0.3, -0.25) is 4.90 Å². The second-order valence-electron chi connectivity index (χ2n) is 9.64. The van der Waals surface area contributed by atoms with Crippen LogP contribution in [0, 0.1) is 5.21 Å². The summed E-state index contributed by atoms with van der Waals surface area (Å²) in [6.07, 6.45) is 14.0. The molecule has 1 saturated heterocycles. The fraction of sp³-hybridized carbons (Fsp3) is 0.778. The largest absolute Gasteiger partial charge is 0.632 e. The van der Waals surface area contributed by atoms with Crippen molar-refractivity contribution in [2.24, 2.45) is 0 Å². The third-order valence-electron chi connectivity index (χ3n) is 6.80. The van der Waals surface area contributed by atoms with Crippen LogP contribution in [0.4, 0.5) is 0 Å². The van der Waals surface area contributed by atoms with Crippen LogP contribution in [0.3, 0.4) is 0 Å². The van der Waals surface area contributed by atoms with E-state index in [1.165, 1.54) is 63.4 Å². The normalized spacial score (nSPS) is 16.3. The van der Waals surface area contributed by atoms with Gasteiger partial charge in [0.2, 0.25) is 0 Å². The summed E-state index contributed by atoms with van der Waals surface area (Å²) in [6, 6.07) is 4.23. The SMILES string of the molecule is CCCCCCCCCCCCOc1c(C[N+]2([O-])CCN(C)CC2)cc(CC)cc1OC. The highest BCUT2D eigenvalue weighted by Crippen LogP contribution is 2.35. The third kappa shape index (κ3) is 9.29. The third-order valence-corrected chi connectivity index (χ3v) is 6.80. The molecule has 0 aliphatic carbocycles. The summed E-state index contributed by atoms with van der Waals surface area (Å²) < 4.78 is 11.8. The number of nitrogens with zero attached hydrogens (tertiary/aromatic N) is 2. The summed E-state index contributed by atoms with van der Waals surface area (Å²) in [6.45, 7) is 8.52. The maximum atomic E-state index is 13.4. The van der Waals surface area contributed by atoms with E-state index >= 15 is 0 Å². The lowest BCUT2D eigenvalue weighted by Crippen LogP contribution is -2.54. The molecule has 0 N–H and O–H groups in total. The first-order valence-corrected chi connectivity index (χ1v) is 13.1. The second-order valence-corrected chi connectivity index (χ2v) is 9.64. The van der Waals surface area contributed by atoms with E-state index < -0.39 is 0 Å². The highest BCUT2D eigenvalue weighted by atomic mass is 16.5. The summed E-state index contributed by atoms with van der Waals surface area (Å²) in [7, 11) is 3.79. The van der Waals surface area contributed by atoms with Crippen LogP contribution in [0.2, 0.25) is 0 Å². The number of likely N-dealkylation sites (N-methyl/N-ethyl adjacent to an activating group) is 1. The molecule has 1 aromatic rings. The van der Waals surface area contributed by atoms with Crippen molar-refractivity contribution >= 4 is 0 Å². The van der Waals surface area contributed by atoms with Crippen molar-refractivity contribution in [3.63, 3.8) is 0 Å². The molecule has 32 heavy (non-hydrogen) atoms. The van der Waals surface area contributed by atoms with E-state index in [9.17, 15) is 5.21 Å². The average Bonchev–Trinajstić information content (AvgIpc) is 2.80. The Morgan fingerprint density at radius 1 is 0.906 bits per heavy atom. The monoisotopic (exact) mass is 448 g/mol. The van der Waals surface area contributed by atoms with E-state index in [1.807, 2.05) is 0 Å². The summed E-state index contributed by atoms with van der Waals surface area (Å²) in [5, 5.41) is 13.4. The molecule has 0 atom stereocenters. The Bertz CT molecular complexity index is 642. The fourth-order valence-electron chi connectivity index (χ4n) is 4.52. The lowest BCUT2D eigenvalue weighted by atomic mass is 10.0. The molecular weight excluding hydrogens is 400 g/mol. The minimum absolute atomic E-state index is 0.171. The van der Waals surface area contributed by atoms with Crippen molar-refractivity contribution in [3.8, 4) is 11.5 Å². The molecule has 0 radical (unpaired) electrons. The number of hydrogen-bond donors (Lipinski definition) is 0. The minimum Gasteiger partial charge on any atom is -0.632 e. The van der Waals surface area contributed by atoms with Gasteiger partial charge >= 0.3 is 0 Å². The molecule has 0 saturated carbocycles. The van der Waals surface area contributed by atoms with Gasteiger partial charge in [0.25, 0.3) is 0 Å². The Morgan fingerprint density at radius 2 is 1.50 bits per heavy atom. The zero-order valence-corrected chi connectivity index (χ0v) is 21.3. The molecule has 1 heterocycles. The van der Waals surface area contributed by atoms with Crippen molar-refractivity contribution in [3.05, 3.63) is 28.5 Å². The van der Waals surface area contributed by atoms with Gasteiger partial charge in [-0.1, -0.05) is 71.6 Å². The quantitative estimate of drug-likeness (QED) is 0.169. The van der Waals surface area contributed by atoms with Crippen LogP contribution in [0.5, 0.6) is 11.5 Å². The number of hydrogen-bond acceptors (Lipinski definition) is 4. The van der Waals surface area contributed by atoms with Crippen molar-refractivity contribution in [2.75, 3.05) is 46.9 Å². The molecule has 5 nitrogen and oxygen atoms in total. The molecule has 184 valence electrons. The van der Waals surface area contributed by atoms with Crippen LogP contribution >= 0.6 is 0 Å². The second kappa shape index (κ2) is 14.8. The topological polar surface area (TPSA) is 44.8 Å². The Balaban J connectivity index is 1.85. The van der Waals surface area contributed by atoms with Gasteiger partial charge in [0.05, 0.1) is 32.4 Å². The van der Waals surface area contributed by atoms with Gasteiger partial charge in [-0.2, -0.15) is 0 Å². The first kappa shape index (κ1) is 26.9. The Kier molecular flexibility index (Phi) is 12.4. The number of aryl methyl sites for hydroxylation is 1. The predicted octanol–water partition coefficient (Wildman–Crippen LogP) is 6.32. The molecule has 0 bridgehead atoms. The van der Waals surface area contributed by atoms with Crippen LogP contribution in [-0.4, -0.2) is 56.5 Å². The number of methoxy groups -OCH3 is 1. The van der Waals surface area contributed by atoms with Crippen molar-refractivity contribution in [1.29, 1.82) is 0 Å². The number of ether oxygens (including phenoxy) is 2. The first-order chi connectivity index (χ1) is 15.5. The Hall–Kier alpha value is -1.30. The van der Waals surface area contributed by atoms with E-state index in [-0.39, 0.29) is 4.65 Å². The van der Waals surface area contributed by atoms with Crippen LogP contribution in [0.1, 0.15) is 89.2 Å². The number of rotatable bonds is 16. The summed E-state index contributed by atoms with van der Waals surface area (Å²) in [5.41, 5.74) is 2.21. The molecule has 2 rings (SSSR count). The zero-order valence-electron chi connectivity index (χ0n) is 21.3. The van der Waals surface area contributed by atoms with Gasteiger partial charge in [0.1, 0.15) is 6.54 Å². The van der Waals surface area contributed by atoms with Crippen molar-refractivity contribution in [1.82, 2.24) is 4.90 Å². The van der Waals surface area contributed by atoms with E-state index in [2.05, 4.69) is 37.9 Å². The van der Waals surface area contributed by atoms with Crippen LogP contribution in [0.15, 0.2) is 12.1 Å². The maximum absolute atomic E-state index is 13.4. The zero-order chi connectivity index (χ0) is 23.2. The molecule has 0 amide bonds. The van der Waals surface area contributed by atoms with E-state index in [0.717, 1.165) is 43.0 Å². The molecule has 0 aromatic heterocycles. The summed E-state index contributed by atoms with van der Waals surface area (Å²) in [5.74, 6) is 1.56. The molecule has 1 aromatic carbocycles. The highest BCUT2D eigenvalue weighted by Gasteiger charge is 2.26. The average molecular weight is 449 g/mol. The molecule has 0 spiro atoms. The predicted molar refractivity (Wildman–Crippen MR) is 134 cm³/mol.